The Balaban J connectivity index is 1.73. The summed E-state index contributed by atoms with van der Waals surface area (Å²) < 4.78 is 5.37. The van der Waals surface area contributed by atoms with Crippen LogP contribution in [0, 0.1) is 6.92 Å². The van der Waals surface area contributed by atoms with Crippen molar-refractivity contribution in [2.75, 3.05) is 44.0 Å². The number of nitrogens with one attached hydrogen (secondary N) is 2. The van der Waals surface area contributed by atoms with Crippen molar-refractivity contribution in [1.29, 1.82) is 0 Å². The number of hydrogen-bond donors (Lipinski definition) is 2. The molecule has 0 atom stereocenters. The average Bonchev–Trinajstić information content (AvgIpc) is 2.57. The van der Waals surface area contributed by atoms with Gasteiger partial charge in [0.1, 0.15) is 11.6 Å². The van der Waals surface area contributed by atoms with Crippen molar-refractivity contribution >= 4 is 40.9 Å². The monoisotopic (exact) mass is 397 g/mol. The van der Waals surface area contributed by atoms with Gasteiger partial charge < -0.3 is 20.3 Å². The minimum Gasteiger partial charge on any atom is -0.482 e. The predicted molar refractivity (Wildman–Crippen MR) is 105 cm³/mol. The van der Waals surface area contributed by atoms with E-state index < -0.39 is 0 Å². The summed E-state index contributed by atoms with van der Waals surface area (Å²) in [6, 6.07) is 6.72. The minimum atomic E-state index is -0.253. The number of aromatic nitrogens is 2. The zero-order chi connectivity index (χ0) is 19.1. The van der Waals surface area contributed by atoms with Gasteiger partial charge in [0.2, 0.25) is 5.95 Å². The van der Waals surface area contributed by atoms with E-state index in [0.717, 1.165) is 11.5 Å². The number of amides is 1. The topological polar surface area (TPSA) is 79.4 Å². The van der Waals surface area contributed by atoms with E-state index in [1.165, 1.54) is 0 Å². The van der Waals surface area contributed by atoms with Gasteiger partial charge in [-0.2, -0.15) is 4.98 Å². The Labute approximate surface area is 162 Å². The summed E-state index contributed by atoms with van der Waals surface area (Å²) in [6.45, 7) is 2.67. The maximum absolute atomic E-state index is 11.8. The van der Waals surface area contributed by atoms with Gasteiger partial charge in [-0.25, -0.2) is 4.98 Å². The Morgan fingerprint density at radius 1 is 1.19 bits per heavy atom. The first-order valence-electron chi connectivity index (χ1n) is 7.96. The van der Waals surface area contributed by atoms with Crippen LogP contribution in [-0.4, -0.2) is 49.7 Å². The SMILES string of the molecule is Cc1cc(N(C)C)nc(NCCNC(=O)COc2ccc(Cl)cc2Cl)n1. The molecule has 26 heavy (non-hydrogen) atoms. The van der Waals surface area contributed by atoms with Crippen molar-refractivity contribution in [3.63, 3.8) is 0 Å². The zero-order valence-electron chi connectivity index (χ0n) is 14.8. The van der Waals surface area contributed by atoms with Gasteiger partial charge >= 0.3 is 0 Å². The van der Waals surface area contributed by atoms with Crippen molar-refractivity contribution in [2.45, 2.75) is 6.92 Å². The molecule has 2 rings (SSSR count). The Hall–Kier alpha value is -2.25. The Morgan fingerprint density at radius 3 is 2.65 bits per heavy atom. The van der Waals surface area contributed by atoms with Crippen molar-refractivity contribution in [3.05, 3.63) is 40.0 Å². The van der Waals surface area contributed by atoms with Crippen molar-refractivity contribution in [2.24, 2.45) is 0 Å². The third-order valence-corrected chi connectivity index (χ3v) is 3.81. The lowest BCUT2D eigenvalue weighted by molar-refractivity contribution is -0.123. The summed E-state index contributed by atoms with van der Waals surface area (Å²) in [5, 5.41) is 6.70. The molecular weight excluding hydrogens is 377 g/mol. The number of anilines is 2. The molecule has 0 saturated carbocycles. The summed E-state index contributed by atoms with van der Waals surface area (Å²) in [4.78, 5) is 22.4. The molecule has 2 aromatic rings. The number of rotatable bonds is 8. The highest BCUT2D eigenvalue weighted by atomic mass is 35.5. The molecule has 1 amide bonds. The van der Waals surface area contributed by atoms with Crippen LogP contribution in [-0.2, 0) is 4.79 Å². The van der Waals surface area contributed by atoms with E-state index in [0.29, 0.717) is 34.8 Å². The molecular formula is C17H21Cl2N5O2. The predicted octanol–water partition coefficient (Wildman–Crippen LogP) is 2.76. The number of hydrogen-bond acceptors (Lipinski definition) is 6. The van der Waals surface area contributed by atoms with E-state index in [4.69, 9.17) is 27.9 Å². The molecule has 0 aliphatic carbocycles. The lowest BCUT2D eigenvalue weighted by atomic mass is 10.3. The molecule has 1 aromatic heterocycles. The number of carbonyl (C=O) groups excluding carboxylic acids is 1. The van der Waals surface area contributed by atoms with Gasteiger partial charge in [-0.05, 0) is 25.1 Å². The van der Waals surface area contributed by atoms with E-state index in [9.17, 15) is 4.79 Å². The van der Waals surface area contributed by atoms with Crippen molar-refractivity contribution in [1.82, 2.24) is 15.3 Å². The first-order valence-corrected chi connectivity index (χ1v) is 8.72. The quantitative estimate of drug-likeness (QED) is 0.666. The maximum atomic E-state index is 11.8. The van der Waals surface area contributed by atoms with Gasteiger partial charge in [-0.1, -0.05) is 23.2 Å². The summed E-state index contributed by atoms with van der Waals surface area (Å²) in [5.74, 6) is 1.50. The van der Waals surface area contributed by atoms with Gasteiger partial charge in [0, 0.05) is 44.0 Å². The van der Waals surface area contributed by atoms with E-state index in [2.05, 4.69) is 20.6 Å². The van der Waals surface area contributed by atoms with Crippen LogP contribution in [0.5, 0.6) is 5.75 Å². The fraction of sp³-hybridized carbons (Fsp3) is 0.353. The number of aryl methyl sites for hydroxylation is 1. The minimum absolute atomic E-state index is 0.132. The number of nitrogens with zero attached hydrogens (tertiary/aromatic N) is 3. The van der Waals surface area contributed by atoms with Gasteiger partial charge in [-0.15, -0.1) is 0 Å². The third kappa shape index (κ3) is 6.24. The molecule has 0 radical (unpaired) electrons. The van der Waals surface area contributed by atoms with E-state index >= 15 is 0 Å². The van der Waals surface area contributed by atoms with Crippen LogP contribution in [0.2, 0.25) is 10.0 Å². The van der Waals surface area contributed by atoms with Crippen LogP contribution in [0.1, 0.15) is 5.69 Å². The first kappa shape index (κ1) is 20.1. The average molecular weight is 398 g/mol. The molecule has 0 spiro atoms. The highest BCUT2D eigenvalue weighted by molar-refractivity contribution is 6.35. The smallest absolute Gasteiger partial charge is 0.258 e. The second-order valence-electron chi connectivity index (χ2n) is 5.73. The second-order valence-corrected chi connectivity index (χ2v) is 6.57. The molecule has 0 fully saturated rings. The van der Waals surface area contributed by atoms with Crippen LogP contribution < -0.4 is 20.3 Å². The van der Waals surface area contributed by atoms with Gasteiger partial charge in [-0.3, -0.25) is 4.79 Å². The molecule has 0 aliphatic rings. The van der Waals surface area contributed by atoms with Crippen LogP contribution in [0.25, 0.3) is 0 Å². The molecule has 0 unspecified atom stereocenters. The molecule has 7 nitrogen and oxygen atoms in total. The Bertz CT molecular complexity index is 771. The molecule has 1 aromatic carbocycles. The van der Waals surface area contributed by atoms with Crippen LogP contribution >= 0.6 is 23.2 Å². The van der Waals surface area contributed by atoms with Gasteiger partial charge in [0.25, 0.3) is 5.91 Å². The lowest BCUT2D eigenvalue weighted by Crippen LogP contribution is -2.33. The van der Waals surface area contributed by atoms with E-state index in [-0.39, 0.29) is 12.5 Å². The van der Waals surface area contributed by atoms with Gasteiger partial charge in [0.15, 0.2) is 6.61 Å². The van der Waals surface area contributed by atoms with Crippen molar-refractivity contribution in [3.8, 4) is 5.75 Å². The van der Waals surface area contributed by atoms with Crippen LogP contribution in [0.15, 0.2) is 24.3 Å². The third-order valence-electron chi connectivity index (χ3n) is 3.28. The van der Waals surface area contributed by atoms with Crippen LogP contribution in [0.3, 0.4) is 0 Å². The molecule has 0 bridgehead atoms. The normalized spacial score (nSPS) is 10.3. The Kier molecular flexibility index (Phi) is 7.29. The Morgan fingerprint density at radius 2 is 1.96 bits per heavy atom. The molecule has 0 aliphatic heterocycles. The van der Waals surface area contributed by atoms with Gasteiger partial charge in [0.05, 0.1) is 5.02 Å². The number of carbonyl (C=O) groups is 1. The summed E-state index contributed by atoms with van der Waals surface area (Å²) in [5.41, 5.74) is 0.864. The fourth-order valence-corrected chi connectivity index (χ4v) is 2.49. The molecule has 2 N–H and O–H groups in total. The molecule has 140 valence electrons. The fourth-order valence-electron chi connectivity index (χ4n) is 2.02. The maximum Gasteiger partial charge on any atom is 0.258 e. The summed E-state index contributed by atoms with van der Waals surface area (Å²) in [6.07, 6.45) is 0. The molecule has 0 saturated heterocycles. The number of halogens is 2. The molecule has 1 heterocycles. The molecule has 9 heteroatoms. The first-order chi connectivity index (χ1) is 12.3. The second kappa shape index (κ2) is 9.45. The number of benzene rings is 1. The largest absolute Gasteiger partial charge is 0.482 e. The number of ether oxygens (including phenoxy) is 1. The van der Waals surface area contributed by atoms with E-state index in [1.54, 1.807) is 18.2 Å². The van der Waals surface area contributed by atoms with Crippen molar-refractivity contribution < 1.29 is 9.53 Å². The lowest BCUT2D eigenvalue weighted by Gasteiger charge is -2.14. The standard InChI is InChI=1S/C17H21Cl2N5O2/c1-11-8-15(24(2)3)23-17(22-11)21-7-6-20-16(25)10-26-14-5-4-12(18)9-13(14)19/h4-5,8-9H,6-7,10H2,1-3H3,(H,20,25)(H,21,22,23). The van der Waals surface area contributed by atoms with Crippen LogP contribution in [0.4, 0.5) is 11.8 Å². The summed E-state index contributed by atoms with van der Waals surface area (Å²) >= 11 is 11.8. The highest BCUT2D eigenvalue weighted by Crippen LogP contribution is 2.27. The van der Waals surface area contributed by atoms with E-state index in [1.807, 2.05) is 32.0 Å². The zero-order valence-corrected chi connectivity index (χ0v) is 16.4. The summed E-state index contributed by atoms with van der Waals surface area (Å²) in [7, 11) is 3.83. The highest BCUT2D eigenvalue weighted by Gasteiger charge is 2.07.